The van der Waals surface area contributed by atoms with Gasteiger partial charge in [0.25, 0.3) is 0 Å². The molecule has 1 heterocycles. The molecule has 0 bridgehead atoms. The number of para-hydroxylation sites is 1. The molecule has 7 heteroatoms. The van der Waals surface area contributed by atoms with E-state index in [4.69, 9.17) is 4.74 Å². The van der Waals surface area contributed by atoms with Gasteiger partial charge in [0.1, 0.15) is 11.3 Å². The van der Waals surface area contributed by atoms with E-state index in [9.17, 15) is 9.90 Å². The molecule has 21 heavy (non-hydrogen) atoms. The second-order valence-electron chi connectivity index (χ2n) is 4.55. The van der Waals surface area contributed by atoms with Gasteiger partial charge in [-0.1, -0.05) is 37.3 Å². The van der Waals surface area contributed by atoms with Gasteiger partial charge in [0.05, 0.1) is 12.1 Å². The number of carbonyl (C=O) groups is 1. The Morgan fingerprint density at radius 1 is 1.52 bits per heavy atom. The molecule has 1 unspecified atom stereocenters. The molecule has 0 aliphatic carbocycles. The van der Waals surface area contributed by atoms with Crippen molar-refractivity contribution in [1.82, 2.24) is 20.3 Å². The second kappa shape index (κ2) is 6.74. The van der Waals surface area contributed by atoms with Crippen molar-refractivity contribution in [3.63, 3.8) is 0 Å². The van der Waals surface area contributed by atoms with E-state index in [0.29, 0.717) is 17.6 Å². The standard InChI is InChI=1S/C14H18N4O3/c1-3-4-9-21-14(20)15-13(10(2)19)18-12-8-6-5-7-11(12)16-17-18/h5-8,13,19H,2-4,9H2,1H3,(H,15,20). The highest BCUT2D eigenvalue weighted by atomic mass is 16.5. The summed E-state index contributed by atoms with van der Waals surface area (Å²) < 4.78 is 6.40. The van der Waals surface area contributed by atoms with Crippen LogP contribution in [0.5, 0.6) is 0 Å². The fourth-order valence-corrected chi connectivity index (χ4v) is 1.83. The number of nitrogens with one attached hydrogen (secondary N) is 1. The number of nitrogens with zero attached hydrogens (tertiary/aromatic N) is 3. The molecule has 1 aromatic heterocycles. The van der Waals surface area contributed by atoms with Gasteiger partial charge in [-0.05, 0) is 18.6 Å². The number of benzene rings is 1. The number of carbonyl (C=O) groups excluding carboxylic acids is 1. The van der Waals surface area contributed by atoms with Gasteiger partial charge in [0.2, 0.25) is 0 Å². The minimum absolute atomic E-state index is 0.252. The molecule has 0 fully saturated rings. The maximum atomic E-state index is 11.7. The topological polar surface area (TPSA) is 89.3 Å². The molecule has 1 aromatic carbocycles. The molecule has 2 N–H and O–H groups in total. The lowest BCUT2D eigenvalue weighted by Crippen LogP contribution is -2.34. The fourth-order valence-electron chi connectivity index (χ4n) is 1.83. The van der Waals surface area contributed by atoms with Crippen molar-refractivity contribution in [3.05, 3.63) is 36.6 Å². The first-order valence-corrected chi connectivity index (χ1v) is 6.74. The van der Waals surface area contributed by atoms with E-state index in [1.807, 2.05) is 19.1 Å². The summed E-state index contributed by atoms with van der Waals surface area (Å²) in [5, 5.41) is 20.1. The van der Waals surface area contributed by atoms with Gasteiger partial charge in [-0.25, -0.2) is 9.48 Å². The van der Waals surface area contributed by atoms with E-state index in [1.165, 1.54) is 4.68 Å². The van der Waals surface area contributed by atoms with Crippen LogP contribution in [0.15, 0.2) is 36.6 Å². The highest BCUT2D eigenvalue weighted by molar-refractivity contribution is 5.74. The number of aliphatic hydroxyl groups excluding tert-OH is 1. The molecule has 0 aliphatic heterocycles. The monoisotopic (exact) mass is 290 g/mol. The maximum Gasteiger partial charge on any atom is 0.409 e. The first-order valence-electron chi connectivity index (χ1n) is 6.74. The average molecular weight is 290 g/mol. The van der Waals surface area contributed by atoms with E-state index in [2.05, 4.69) is 22.2 Å². The molecule has 0 saturated carbocycles. The SMILES string of the molecule is C=C(O)C(NC(=O)OCCCC)n1nnc2ccccc21. The van der Waals surface area contributed by atoms with E-state index < -0.39 is 12.3 Å². The quantitative estimate of drug-likeness (QED) is 0.630. The first kappa shape index (κ1) is 14.8. The lowest BCUT2D eigenvalue weighted by molar-refractivity contribution is 0.133. The van der Waals surface area contributed by atoms with Crippen LogP contribution in [-0.4, -0.2) is 32.8 Å². The molecular formula is C14H18N4O3. The maximum absolute atomic E-state index is 11.7. The van der Waals surface area contributed by atoms with Crippen molar-refractivity contribution < 1.29 is 14.6 Å². The lowest BCUT2D eigenvalue weighted by atomic mass is 10.3. The number of rotatable bonds is 6. The summed E-state index contributed by atoms with van der Waals surface area (Å²) in [7, 11) is 0. The molecule has 0 aliphatic rings. The summed E-state index contributed by atoms with van der Waals surface area (Å²) in [4.78, 5) is 11.7. The van der Waals surface area contributed by atoms with E-state index in [0.717, 1.165) is 12.8 Å². The van der Waals surface area contributed by atoms with Crippen LogP contribution in [0.25, 0.3) is 11.0 Å². The van der Waals surface area contributed by atoms with Crippen molar-refractivity contribution in [2.24, 2.45) is 0 Å². The largest absolute Gasteiger partial charge is 0.509 e. The van der Waals surface area contributed by atoms with Crippen LogP contribution < -0.4 is 5.32 Å². The Morgan fingerprint density at radius 3 is 3.00 bits per heavy atom. The Labute approximate surface area is 122 Å². The summed E-state index contributed by atoms with van der Waals surface area (Å²) in [5.74, 6) is -0.252. The van der Waals surface area contributed by atoms with Crippen LogP contribution in [0.3, 0.4) is 0 Å². The predicted molar refractivity (Wildman–Crippen MR) is 77.7 cm³/mol. The minimum Gasteiger partial charge on any atom is -0.509 e. The summed E-state index contributed by atoms with van der Waals surface area (Å²) in [6, 6.07) is 7.22. The summed E-state index contributed by atoms with van der Waals surface area (Å²) in [5.41, 5.74) is 1.33. The number of hydrogen-bond acceptors (Lipinski definition) is 5. The van der Waals surface area contributed by atoms with Gasteiger partial charge in [-0.3, -0.25) is 5.32 Å². The number of amides is 1. The molecule has 7 nitrogen and oxygen atoms in total. The number of aromatic nitrogens is 3. The lowest BCUT2D eigenvalue weighted by Gasteiger charge is -2.18. The smallest absolute Gasteiger partial charge is 0.409 e. The number of aliphatic hydroxyl groups is 1. The average Bonchev–Trinajstić information content (AvgIpc) is 2.88. The zero-order valence-electron chi connectivity index (χ0n) is 11.8. The van der Waals surface area contributed by atoms with Crippen LogP contribution in [0.2, 0.25) is 0 Å². The number of unbranched alkanes of at least 4 members (excludes halogenated alkanes) is 1. The first-order chi connectivity index (χ1) is 10.1. The van der Waals surface area contributed by atoms with Gasteiger partial charge in [-0.2, -0.15) is 0 Å². The van der Waals surface area contributed by atoms with E-state index in [-0.39, 0.29) is 5.76 Å². The Hall–Kier alpha value is -2.57. The Bertz CT molecular complexity index is 638. The van der Waals surface area contributed by atoms with E-state index in [1.54, 1.807) is 12.1 Å². The van der Waals surface area contributed by atoms with Crippen molar-refractivity contribution in [2.75, 3.05) is 6.61 Å². The molecule has 2 aromatic rings. The Balaban J connectivity index is 2.16. The third-order valence-electron chi connectivity index (χ3n) is 2.92. The Morgan fingerprint density at radius 2 is 2.29 bits per heavy atom. The van der Waals surface area contributed by atoms with Crippen molar-refractivity contribution in [2.45, 2.75) is 25.9 Å². The van der Waals surface area contributed by atoms with Crippen LogP contribution >= 0.6 is 0 Å². The fraction of sp³-hybridized carbons (Fsp3) is 0.357. The highest BCUT2D eigenvalue weighted by Crippen LogP contribution is 2.17. The highest BCUT2D eigenvalue weighted by Gasteiger charge is 2.21. The number of hydrogen-bond donors (Lipinski definition) is 2. The van der Waals surface area contributed by atoms with Gasteiger partial charge < -0.3 is 9.84 Å². The molecule has 1 atom stereocenters. The Kier molecular flexibility index (Phi) is 4.76. The van der Waals surface area contributed by atoms with E-state index >= 15 is 0 Å². The third kappa shape index (κ3) is 3.50. The molecule has 1 amide bonds. The molecule has 0 saturated heterocycles. The van der Waals surface area contributed by atoms with Crippen molar-refractivity contribution >= 4 is 17.1 Å². The van der Waals surface area contributed by atoms with Crippen molar-refractivity contribution in [1.29, 1.82) is 0 Å². The van der Waals surface area contributed by atoms with Gasteiger partial charge in [0, 0.05) is 0 Å². The van der Waals surface area contributed by atoms with Gasteiger partial charge in [0.15, 0.2) is 6.17 Å². The van der Waals surface area contributed by atoms with Crippen LogP contribution in [0, 0.1) is 0 Å². The number of fused-ring (bicyclic) bond motifs is 1. The zero-order chi connectivity index (χ0) is 15.2. The molecule has 112 valence electrons. The van der Waals surface area contributed by atoms with Crippen LogP contribution in [0.1, 0.15) is 25.9 Å². The van der Waals surface area contributed by atoms with Crippen LogP contribution in [0.4, 0.5) is 4.79 Å². The molecular weight excluding hydrogens is 272 g/mol. The summed E-state index contributed by atoms with van der Waals surface area (Å²) in [6.07, 6.45) is 0.149. The minimum atomic E-state index is -0.925. The second-order valence-corrected chi connectivity index (χ2v) is 4.55. The molecule has 0 spiro atoms. The predicted octanol–water partition coefficient (Wildman–Crippen LogP) is 2.53. The molecule has 2 rings (SSSR count). The van der Waals surface area contributed by atoms with Gasteiger partial charge in [-0.15, -0.1) is 5.10 Å². The van der Waals surface area contributed by atoms with Gasteiger partial charge >= 0.3 is 6.09 Å². The summed E-state index contributed by atoms with van der Waals surface area (Å²) in [6.45, 7) is 5.79. The summed E-state index contributed by atoms with van der Waals surface area (Å²) >= 11 is 0. The normalized spacial score (nSPS) is 12.0. The third-order valence-corrected chi connectivity index (χ3v) is 2.92. The molecule has 0 radical (unpaired) electrons. The number of ether oxygens (including phenoxy) is 1. The van der Waals surface area contributed by atoms with Crippen LogP contribution in [-0.2, 0) is 4.74 Å². The van der Waals surface area contributed by atoms with Crippen molar-refractivity contribution in [3.8, 4) is 0 Å². The zero-order valence-corrected chi connectivity index (χ0v) is 11.8. The number of alkyl carbamates (subject to hydrolysis) is 1.